The second-order valence-corrected chi connectivity index (χ2v) is 5.79. The van der Waals surface area contributed by atoms with Gasteiger partial charge in [-0.15, -0.1) is 0 Å². The number of nitriles is 1. The van der Waals surface area contributed by atoms with Gasteiger partial charge in [-0.05, 0) is 18.2 Å². The lowest BCUT2D eigenvalue weighted by Crippen LogP contribution is -2.44. The molecule has 1 heterocycles. The number of nitrogens with zero attached hydrogens (tertiary/aromatic N) is 3. The fourth-order valence-corrected chi connectivity index (χ4v) is 2.67. The van der Waals surface area contributed by atoms with Crippen LogP contribution in [0.1, 0.15) is 11.1 Å². The molecule has 0 aliphatic carbocycles. The molecule has 24 heavy (non-hydrogen) atoms. The summed E-state index contributed by atoms with van der Waals surface area (Å²) in [6.45, 7) is 3.49. The largest absolute Gasteiger partial charge is 0.417 e. The average molecular weight is 343 g/mol. The second kappa shape index (κ2) is 7.83. The number of likely N-dealkylation sites (N-methyl/N-ethyl adjacent to an activating group) is 1. The number of ether oxygens (including phenoxy) is 1. The molecule has 1 aliphatic rings. The zero-order valence-corrected chi connectivity index (χ0v) is 13.4. The maximum atomic E-state index is 12.8. The van der Waals surface area contributed by atoms with Crippen molar-refractivity contribution in [3.8, 4) is 6.07 Å². The normalized spacial score (nSPS) is 17.3. The van der Waals surface area contributed by atoms with Crippen molar-refractivity contribution < 1.29 is 23.0 Å². The van der Waals surface area contributed by atoms with Gasteiger partial charge in [0, 0.05) is 38.9 Å². The maximum absolute atomic E-state index is 12.8. The van der Waals surface area contributed by atoms with Gasteiger partial charge in [0.25, 0.3) is 0 Å². The number of aliphatic hydroxyl groups is 1. The van der Waals surface area contributed by atoms with Gasteiger partial charge in [0.05, 0.1) is 36.5 Å². The minimum absolute atomic E-state index is 0.258. The fourth-order valence-electron chi connectivity index (χ4n) is 2.67. The van der Waals surface area contributed by atoms with Crippen molar-refractivity contribution >= 4 is 5.69 Å². The number of anilines is 1. The third-order valence-corrected chi connectivity index (χ3v) is 3.93. The van der Waals surface area contributed by atoms with E-state index in [0.29, 0.717) is 25.4 Å². The van der Waals surface area contributed by atoms with Crippen LogP contribution in [0.2, 0.25) is 0 Å². The van der Waals surface area contributed by atoms with E-state index < -0.39 is 23.4 Å². The van der Waals surface area contributed by atoms with Gasteiger partial charge in [0.1, 0.15) is 0 Å². The Bertz CT molecular complexity index is 595. The van der Waals surface area contributed by atoms with E-state index >= 15 is 0 Å². The number of β-amino-alcohol motifs (C(OH)–C–C–N with tert-alkyl or cyclic N) is 1. The number of aliphatic hydroxyl groups excluding tert-OH is 1. The Labute approximate surface area is 138 Å². The Morgan fingerprint density at radius 3 is 2.62 bits per heavy atom. The van der Waals surface area contributed by atoms with Crippen molar-refractivity contribution in [2.75, 3.05) is 51.3 Å². The lowest BCUT2D eigenvalue weighted by atomic mass is 10.1. The third-order valence-electron chi connectivity index (χ3n) is 3.93. The minimum atomic E-state index is -4.56. The number of hydrogen-bond acceptors (Lipinski definition) is 5. The Hall–Kier alpha value is -1.82. The number of morpholine rings is 1. The monoisotopic (exact) mass is 343 g/mol. The van der Waals surface area contributed by atoms with Crippen LogP contribution in [-0.2, 0) is 10.9 Å². The van der Waals surface area contributed by atoms with Gasteiger partial charge in [-0.1, -0.05) is 0 Å². The molecule has 1 unspecified atom stereocenters. The summed E-state index contributed by atoms with van der Waals surface area (Å²) in [5, 5.41) is 19.1. The number of halogens is 3. The maximum Gasteiger partial charge on any atom is 0.417 e. The molecule has 5 nitrogen and oxygen atoms in total. The molecule has 0 bridgehead atoms. The van der Waals surface area contributed by atoms with Crippen molar-refractivity contribution in [2.24, 2.45) is 0 Å². The van der Waals surface area contributed by atoms with E-state index in [4.69, 9.17) is 10.00 Å². The summed E-state index contributed by atoms with van der Waals surface area (Å²) in [7, 11) is 1.67. The van der Waals surface area contributed by atoms with E-state index in [1.165, 1.54) is 12.1 Å². The van der Waals surface area contributed by atoms with E-state index in [-0.39, 0.29) is 6.54 Å². The van der Waals surface area contributed by atoms with Crippen LogP contribution >= 0.6 is 0 Å². The molecule has 0 amide bonds. The van der Waals surface area contributed by atoms with E-state index in [1.807, 2.05) is 0 Å². The Morgan fingerprint density at radius 1 is 1.38 bits per heavy atom. The average Bonchev–Trinajstić information content (AvgIpc) is 2.54. The topological polar surface area (TPSA) is 59.7 Å². The Balaban J connectivity index is 2.01. The molecule has 1 aromatic rings. The summed E-state index contributed by atoms with van der Waals surface area (Å²) < 4.78 is 43.7. The first kappa shape index (κ1) is 18.5. The summed E-state index contributed by atoms with van der Waals surface area (Å²) in [4.78, 5) is 3.72. The molecule has 1 fully saturated rings. The molecule has 1 atom stereocenters. The van der Waals surface area contributed by atoms with Gasteiger partial charge in [0.2, 0.25) is 0 Å². The molecular formula is C16H20F3N3O2. The number of benzene rings is 1. The molecule has 0 aromatic heterocycles. The molecule has 1 saturated heterocycles. The summed E-state index contributed by atoms with van der Waals surface area (Å²) in [6.07, 6.45) is -5.21. The van der Waals surface area contributed by atoms with Gasteiger partial charge in [-0.2, -0.15) is 18.4 Å². The summed E-state index contributed by atoms with van der Waals surface area (Å²) in [5.41, 5.74) is -0.911. The molecule has 1 N–H and O–H groups in total. The predicted octanol–water partition coefficient (Wildman–Crippen LogP) is 1.71. The third kappa shape index (κ3) is 4.84. The lowest BCUT2D eigenvalue weighted by Gasteiger charge is -2.30. The molecule has 8 heteroatoms. The van der Waals surface area contributed by atoms with Crippen molar-refractivity contribution in [3.63, 3.8) is 0 Å². The molecule has 132 valence electrons. The van der Waals surface area contributed by atoms with Gasteiger partial charge >= 0.3 is 6.18 Å². The van der Waals surface area contributed by atoms with Gasteiger partial charge in [-0.25, -0.2) is 0 Å². The minimum Gasteiger partial charge on any atom is -0.390 e. The van der Waals surface area contributed by atoms with Crippen LogP contribution in [-0.4, -0.2) is 62.6 Å². The molecule has 1 aromatic carbocycles. The highest BCUT2D eigenvalue weighted by Gasteiger charge is 2.33. The van der Waals surface area contributed by atoms with Crippen LogP contribution < -0.4 is 4.90 Å². The number of hydrogen-bond donors (Lipinski definition) is 1. The smallest absolute Gasteiger partial charge is 0.390 e. The molecule has 0 radical (unpaired) electrons. The van der Waals surface area contributed by atoms with Gasteiger partial charge in [-0.3, -0.25) is 4.90 Å². The zero-order chi connectivity index (χ0) is 17.7. The van der Waals surface area contributed by atoms with Gasteiger partial charge < -0.3 is 14.7 Å². The highest BCUT2D eigenvalue weighted by molar-refractivity contribution is 5.55. The summed E-state index contributed by atoms with van der Waals surface area (Å²) >= 11 is 0. The standard InChI is InChI=1S/C16H20F3N3O2/c1-21(10-14(23)11-22-4-6-24-7-5-22)13-2-3-15(16(17,18)19)12(8-13)9-20/h2-3,8,14,23H,4-7,10-11H2,1H3. The Morgan fingerprint density at radius 2 is 2.04 bits per heavy atom. The predicted molar refractivity (Wildman–Crippen MR) is 82.7 cm³/mol. The van der Waals surface area contributed by atoms with Crippen LogP contribution in [0.15, 0.2) is 18.2 Å². The zero-order valence-electron chi connectivity index (χ0n) is 13.4. The van der Waals surface area contributed by atoms with Crippen molar-refractivity contribution in [1.29, 1.82) is 5.26 Å². The van der Waals surface area contributed by atoms with Crippen LogP contribution in [0.4, 0.5) is 18.9 Å². The SMILES string of the molecule is CN(CC(O)CN1CCOCC1)c1ccc(C(F)(F)F)c(C#N)c1. The summed E-state index contributed by atoms with van der Waals surface area (Å²) in [6, 6.07) is 5.00. The highest BCUT2D eigenvalue weighted by atomic mass is 19.4. The first-order valence-corrected chi connectivity index (χ1v) is 7.62. The van der Waals surface area contributed by atoms with Crippen LogP contribution in [0.3, 0.4) is 0 Å². The number of alkyl halides is 3. The molecular weight excluding hydrogens is 323 g/mol. The second-order valence-electron chi connectivity index (χ2n) is 5.79. The van der Waals surface area contributed by atoms with E-state index in [9.17, 15) is 18.3 Å². The van der Waals surface area contributed by atoms with Crippen LogP contribution in [0, 0.1) is 11.3 Å². The quantitative estimate of drug-likeness (QED) is 0.882. The van der Waals surface area contributed by atoms with Gasteiger partial charge in [0.15, 0.2) is 0 Å². The molecule has 0 spiro atoms. The summed E-state index contributed by atoms with van der Waals surface area (Å²) in [5.74, 6) is 0. The molecule has 0 saturated carbocycles. The lowest BCUT2D eigenvalue weighted by molar-refractivity contribution is -0.137. The van der Waals surface area contributed by atoms with Crippen molar-refractivity contribution in [2.45, 2.75) is 12.3 Å². The van der Waals surface area contributed by atoms with Crippen molar-refractivity contribution in [1.82, 2.24) is 4.90 Å². The van der Waals surface area contributed by atoms with E-state index in [1.54, 1.807) is 18.0 Å². The molecule has 1 aliphatic heterocycles. The number of rotatable bonds is 5. The first-order chi connectivity index (χ1) is 11.3. The van der Waals surface area contributed by atoms with Crippen LogP contribution in [0.5, 0.6) is 0 Å². The Kier molecular flexibility index (Phi) is 6.04. The highest BCUT2D eigenvalue weighted by Crippen LogP contribution is 2.33. The van der Waals surface area contributed by atoms with Crippen LogP contribution in [0.25, 0.3) is 0 Å². The van der Waals surface area contributed by atoms with E-state index in [0.717, 1.165) is 19.2 Å². The fraction of sp³-hybridized carbons (Fsp3) is 0.562. The van der Waals surface area contributed by atoms with E-state index in [2.05, 4.69) is 4.90 Å². The first-order valence-electron chi connectivity index (χ1n) is 7.62. The van der Waals surface area contributed by atoms with Crippen molar-refractivity contribution in [3.05, 3.63) is 29.3 Å². The molecule has 2 rings (SSSR count).